The van der Waals surface area contributed by atoms with E-state index < -0.39 is 0 Å². The Morgan fingerprint density at radius 2 is 2.31 bits per heavy atom. The van der Waals surface area contributed by atoms with Gasteiger partial charge in [-0.3, -0.25) is 9.98 Å². The topological polar surface area (TPSA) is 34.0 Å². The van der Waals surface area contributed by atoms with Crippen molar-refractivity contribution in [1.82, 2.24) is 0 Å². The van der Waals surface area contributed by atoms with Crippen LogP contribution in [0, 0.1) is 11.8 Å². The summed E-state index contributed by atoms with van der Waals surface area (Å²) in [6.07, 6.45) is 4.17. The van der Waals surface area contributed by atoms with Crippen LogP contribution < -0.4 is 0 Å². The number of methoxy groups -OCH3 is 1. The Balaban J connectivity index is 2.14. The molecule has 1 unspecified atom stereocenters. The smallest absolute Gasteiger partial charge is 0.0852 e. The lowest BCUT2D eigenvalue weighted by Gasteiger charge is -2.20. The van der Waals surface area contributed by atoms with Crippen LogP contribution in [0.15, 0.2) is 21.3 Å². The van der Waals surface area contributed by atoms with Gasteiger partial charge < -0.3 is 4.74 Å². The third-order valence-corrected chi connectivity index (χ3v) is 3.29. The van der Waals surface area contributed by atoms with E-state index in [1.165, 1.54) is 17.0 Å². The molecule has 0 N–H and O–H groups in total. The van der Waals surface area contributed by atoms with Gasteiger partial charge >= 0.3 is 0 Å². The molecule has 2 aliphatic rings. The van der Waals surface area contributed by atoms with E-state index in [1.807, 2.05) is 6.21 Å². The maximum atomic E-state index is 5.16. The third kappa shape index (κ3) is 2.09. The highest BCUT2D eigenvalue weighted by Gasteiger charge is 2.28. The second kappa shape index (κ2) is 4.91. The van der Waals surface area contributed by atoms with E-state index in [0.29, 0.717) is 11.8 Å². The average molecular weight is 220 g/mol. The highest BCUT2D eigenvalue weighted by atomic mass is 16.5. The SMILES string of the molecule is COCCC1CC=NC2=C1CN=C2C(C)C. The van der Waals surface area contributed by atoms with Crippen LogP contribution in [0.2, 0.25) is 0 Å². The maximum Gasteiger partial charge on any atom is 0.0852 e. The highest BCUT2D eigenvalue weighted by molar-refractivity contribution is 6.05. The van der Waals surface area contributed by atoms with Gasteiger partial charge in [-0.2, -0.15) is 0 Å². The summed E-state index contributed by atoms with van der Waals surface area (Å²) < 4.78 is 5.16. The Morgan fingerprint density at radius 1 is 1.50 bits per heavy atom. The summed E-state index contributed by atoms with van der Waals surface area (Å²) in [7, 11) is 1.76. The summed E-state index contributed by atoms with van der Waals surface area (Å²) in [6, 6.07) is 0. The molecular formula is C13H20N2O. The Bertz CT molecular complexity index is 353. The molecule has 1 atom stereocenters. The number of rotatable bonds is 4. The van der Waals surface area contributed by atoms with Gasteiger partial charge in [-0.05, 0) is 30.3 Å². The molecule has 0 aromatic carbocycles. The van der Waals surface area contributed by atoms with Gasteiger partial charge in [0.25, 0.3) is 0 Å². The van der Waals surface area contributed by atoms with E-state index in [-0.39, 0.29) is 0 Å². The normalized spacial score (nSPS) is 24.0. The number of hydrogen-bond acceptors (Lipinski definition) is 3. The van der Waals surface area contributed by atoms with Crippen molar-refractivity contribution >= 4 is 11.9 Å². The number of aliphatic imine (C=N–C) groups is 2. The van der Waals surface area contributed by atoms with Gasteiger partial charge in [-0.25, -0.2) is 0 Å². The summed E-state index contributed by atoms with van der Waals surface area (Å²) >= 11 is 0. The minimum Gasteiger partial charge on any atom is -0.385 e. The van der Waals surface area contributed by atoms with E-state index >= 15 is 0 Å². The number of ether oxygens (including phenoxy) is 1. The lowest BCUT2D eigenvalue weighted by atomic mass is 9.88. The quantitative estimate of drug-likeness (QED) is 0.716. The monoisotopic (exact) mass is 220 g/mol. The fourth-order valence-electron chi connectivity index (χ4n) is 2.38. The molecule has 0 bridgehead atoms. The summed E-state index contributed by atoms with van der Waals surface area (Å²) in [5.74, 6) is 1.07. The van der Waals surface area contributed by atoms with Crippen LogP contribution in [-0.2, 0) is 4.74 Å². The van der Waals surface area contributed by atoms with E-state index in [1.54, 1.807) is 7.11 Å². The van der Waals surface area contributed by atoms with Crippen LogP contribution in [-0.4, -0.2) is 32.2 Å². The first kappa shape index (κ1) is 11.5. The zero-order valence-corrected chi connectivity index (χ0v) is 10.4. The molecule has 0 aliphatic carbocycles. The standard InChI is InChI=1S/C13H20N2O/c1-9(2)12-13-11(8-15-12)10(4-6-14-13)5-7-16-3/h6,9-10H,4-5,7-8H2,1-3H3. The van der Waals surface area contributed by atoms with Gasteiger partial charge in [0, 0.05) is 19.9 Å². The van der Waals surface area contributed by atoms with Gasteiger partial charge in [0.05, 0.1) is 18.0 Å². The van der Waals surface area contributed by atoms with Crippen molar-refractivity contribution in [1.29, 1.82) is 0 Å². The van der Waals surface area contributed by atoms with E-state index in [2.05, 4.69) is 23.8 Å². The fourth-order valence-corrected chi connectivity index (χ4v) is 2.38. The van der Waals surface area contributed by atoms with Crippen LogP contribution >= 0.6 is 0 Å². The van der Waals surface area contributed by atoms with Gasteiger partial charge in [0.15, 0.2) is 0 Å². The molecule has 88 valence electrons. The zero-order chi connectivity index (χ0) is 11.5. The molecule has 0 radical (unpaired) electrons. The Kier molecular flexibility index (Phi) is 3.54. The second-order valence-electron chi connectivity index (χ2n) is 4.76. The third-order valence-electron chi connectivity index (χ3n) is 3.29. The van der Waals surface area contributed by atoms with Crippen molar-refractivity contribution in [3.05, 3.63) is 11.3 Å². The summed E-state index contributed by atoms with van der Waals surface area (Å²) in [5, 5.41) is 0. The van der Waals surface area contributed by atoms with Gasteiger partial charge in [0.2, 0.25) is 0 Å². The molecule has 2 aliphatic heterocycles. The fraction of sp³-hybridized carbons (Fsp3) is 0.692. The minimum atomic E-state index is 0.478. The average Bonchev–Trinajstić information content (AvgIpc) is 2.70. The minimum absolute atomic E-state index is 0.478. The Morgan fingerprint density at radius 3 is 3.00 bits per heavy atom. The predicted octanol–water partition coefficient (Wildman–Crippen LogP) is 2.48. The summed E-state index contributed by atoms with van der Waals surface area (Å²) in [5.41, 5.74) is 3.79. The second-order valence-corrected chi connectivity index (χ2v) is 4.76. The molecule has 2 heterocycles. The van der Waals surface area contributed by atoms with Crippen molar-refractivity contribution in [2.45, 2.75) is 26.7 Å². The van der Waals surface area contributed by atoms with Crippen molar-refractivity contribution in [2.75, 3.05) is 20.3 Å². The lowest BCUT2D eigenvalue weighted by Crippen LogP contribution is -2.16. The van der Waals surface area contributed by atoms with Crippen molar-refractivity contribution < 1.29 is 4.74 Å². The number of allylic oxidation sites excluding steroid dienone is 1. The van der Waals surface area contributed by atoms with Crippen molar-refractivity contribution in [3.8, 4) is 0 Å². The van der Waals surface area contributed by atoms with Crippen LogP contribution in [0.1, 0.15) is 26.7 Å². The Hall–Kier alpha value is -0.960. The first-order valence-corrected chi connectivity index (χ1v) is 6.03. The largest absolute Gasteiger partial charge is 0.385 e. The zero-order valence-electron chi connectivity index (χ0n) is 10.4. The van der Waals surface area contributed by atoms with E-state index in [4.69, 9.17) is 4.74 Å². The molecule has 16 heavy (non-hydrogen) atoms. The molecule has 0 saturated carbocycles. The molecule has 0 aromatic heterocycles. The molecule has 0 amide bonds. The summed E-state index contributed by atoms with van der Waals surface area (Å²) in [4.78, 5) is 9.16. The van der Waals surface area contributed by atoms with E-state index in [0.717, 1.165) is 26.0 Å². The van der Waals surface area contributed by atoms with Gasteiger partial charge in [-0.15, -0.1) is 0 Å². The predicted molar refractivity (Wildman–Crippen MR) is 67.3 cm³/mol. The van der Waals surface area contributed by atoms with E-state index in [9.17, 15) is 0 Å². The van der Waals surface area contributed by atoms with Crippen LogP contribution in [0.25, 0.3) is 0 Å². The molecule has 3 heteroatoms. The van der Waals surface area contributed by atoms with Crippen molar-refractivity contribution in [2.24, 2.45) is 21.8 Å². The number of hydrogen-bond donors (Lipinski definition) is 0. The first-order valence-electron chi connectivity index (χ1n) is 6.03. The molecule has 0 spiro atoms. The molecule has 0 fully saturated rings. The lowest BCUT2D eigenvalue weighted by molar-refractivity contribution is 0.183. The summed E-state index contributed by atoms with van der Waals surface area (Å²) in [6.45, 7) is 6.05. The van der Waals surface area contributed by atoms with Crippen molar-refractivity contribution in [3.63, 3.8) is 0 Å². The van der Waals surface area contributed by atoms with Crippen LogP contribution in [0.3, 0.4) is 0 Å². The molecule has 2 rings (SSSR count). The maximum absolute atomic E-state index is 5.16. The van der Waals surface area contributed by atoms with Gasteiger partial charge in [-0.1, -0.05) is 13.8 Å². The molecule has 3 nitrogen and oxygen atoms in total. The highest BCUT2D eigenvalue weighted by Crippen LogP contribution is 2.32. The molecular weight excluding hydrogens is 200 g/mol. The Labute approximate surface area is 97.3 Å². The van der Waals surface area contributed by atoms with Crippen LogP contribution in [0.4, 0.5) is 0 Å². The first-order chi connectivity index (χ1) is 7.74. The molecule has 0 aromatic rings. The van der Waals surface area contributed by atoms with Gasteiger partial charge in [0.1, 0.15) is 0 Å². The number of nitrogens with zero attached hydrogens (tertiary/aromatic N) is 2. The van der Waals surface area contributed by atoms with Crippen LogP contribution in [0.5, 0.6) is 0 Å². The molecule has 0 saturated heterocycles.